The maximum atomic E-state index is 13.0. The molecule has 1 fully saturated rings. The Kier molecular flexibility index (Phi) is 6.13. The fourth-order valence-corrected chi connectivity index (χ4v) is 3.32. The van der Waals surface area contributed by atoms with Gasteiger partial charge in [0.25, 0.3) is 5.91 Å². The van der Waals surface area contributed by atoms with Crippen LogP contribution in [-0.4, -0.2) is 57.6 Å². The molecule has 158 valence electrons. The molecule has 0 radical (unpaired) electrons. The van der Waals surface area contributed by atoms with Crippen LogP contribution in [0.5, 0.6) is 0 Å². The fourth-order valence-electron chi connectivity index (χ4n) is 3.32. The number of hydrogen-bond donors (Lipinski definition) is 1. The summed E-state index contributed by atoms with van der Waals surface area (Å²) in [7, 11) is 0. The van der Waals surface area contributed by atoms with Gasteiger partial charge in [-0.25, -0.2) is 24.6 Å². The number of carbonyl (C=O) groups is 2. The van der Waals surface area contributed by atoms with Crippen LogP contribution in [0.4, 0.5) is 22.1 Å². The lowest BCUT2D eigenvalue weighted by Gasteiger charge is -2.33. The van der Waals surface area contributed by atoms with E-state index in [9.17, 15) is 9.59 Å². The number of para-hydroxylation sites is 1. The zero-order valence-electron chi connectivity index (χ0n) is 17.0. The highest BCUT2D eigenvalue weighted by Gasteiger charge is 2.25. The van der Waals surface area contributed by atoms with Gasteiger partial charge in [0.2, 0.25) is 5.95 Å². The van der Waals surface area contributed by atoms with Crippen molar-refractivity contribution in [2.45, 2.75) is 13.0 Å². The molecule has 1 aliphatic heterocycles. The third-order valence-electron chi connectivity index (χ3n) is 4.91. The van der Waals surface area contributed by atoms with Crippen molar-refractivity contribution in [3.05, 3.63) is 72.8 Å². The molecule has 31 heavy (non-hydrogen) atoms. The molecular weight excluding hydrogens is 396 g/mol. The van der Waals surface area contributed by atoms with E-state index in [-0.39, 0.29) is 17.9 Å². The first-order chi connectivity index (χ1) is 15.1. The van der Waals surface area contributed by atoms with Crippen LogP contribution in [0.2, 0.25) is 0 Å². The van der Waals surface area contributed by atoms with Gasteiger partial charge in [-0.1, -0.05) is 18.2 Å². The summed E-state index contributed by atoms with van der Waals surface area (Å²) in [5, 5.41) is 2.84. The van der Waals surface area contributed by atoms with Crippen molar-refractivity contribution in [1.82, 2.24) is 19.9 Å². The van der Waals surface area contributed by atoms with Crippen molar-refractivity contribution in [2.75, 3.05) is 30.0 Å². The second-order valence-corrected chi connectivity index (χ2v) is 7.04. The maximum absolute atomic E-state index is 13.0. The van der Waals surface area contributed by atoms with E-state index in [0.29, 0.717) is 36.7 Å². The summed E-state index contributed by atoms with van der Waals surface area (Å²) in [4.78, 5) is 41.0. The first kappa shape index (κ1) is 20.4. The molecule has 0 spiro atoms. The topological polar surface area (TPSA) is 101 Å². The van der Waals surface area contributed by atoms with E-state index in [1.54, 1.807) is 41.3 Å². The van der Waals surface area contributed by atoms with Crippen molar-refractivity contribution in [1.29, 1.82) is 0 Å². The Hall–Kier alpha value is -3.85. The summed E-state index contributed by atoms with van der Waals surface area (Å²) in [6.07, 6.45) is 2.66. The average Bonchev–Trinajstić information content (AvgIpc) is 2.81. The predicted octanol–water partition coefficient (Wildman–Crippen LogP) is 3.10. The number of hydrogen-bond acceptors (Lipinski definition) is 6. The highest BCUT2D eigenvalue weighted by Crippen LogP contribution is 2.23. The van der Waals surface area contributed by atoms with Gasteiger partial charge >= 0.3 is 6.03 Å². The number of rotatable bonds is 4. The Labute approximate surface area is 179 Å². The zero-order chi connectivity index (χ0) is 21.6. The van der Waals surface area contributed by atoms with Gasteiger partial charge in [-0.05, 0) is 43.3 Å². The summed E-state index contributed by atoms with van der Waals surface area (Å²) in [5.74, 6) is 0.150. The molecule has 1 atom stereocenters. The Balaban J connectivity index is 1.51. The van der Waals surface area contributed by atoms with Crippen LogP contribution < -0.4 is 10.2 Å². The van der Waals surface area contributed by atoms with Crippen LogP contribution >= 0.6 is 0 Å². The molecule has 4 rings (SSSR count). The Morgan fingerprint density at radius 3 is 2.45 bits per heavy atom. The summed E-state index contributed by atoms with van der Waals surface area (Å²) >= 11 is 0. The smallest absolute Gasteiger partial charge is 0.333 e. The molecule has 2 aromatic carbocycles. The normalized spacial score (nSPS) is 15.9. The van der Waals surface area contributed by atoms with Gasteiger partial charge in [0, 0.05) is 17.8 Å². The predicted molar refractivity (Wildman–Crippen MR) is 115 cm³/mol. The summed E-state index contributed by atoms with van der Waals surface area (Å²) in [6.45, 7) is 3.60. The molecule has 3 amide bonds. The third-order valence-corrected chi connectivity index (χ3v) is 4.91. The second-order valence-electron chi connectivity index (χ2n) is 7.04. The number of nitrogens with one attached hydrogen (secondary N) is 1. The van der Waals surface area contributed by atoms with Crippen molar-refractivity contribution >= 4 is 29.3 Å². The van der Waals surface area contributed by atoms with Gasteiger partial charge in [0.15, 0.2) is 0 Å². The molecule has 1 N–H and O–H groups in total. The minimum atomic E-state index is -0.432. The van der Waals surface area contributed by atoms with Crippen LogP contribution in [0.3, 0.4) is 0 Å². The Morgan fingerprint density at radius 1 is 1.06 bits per heavy atom. The molecule has 0 saturated carbocycles. The number of urea groups is 1. The highest BCUT2D eigenvalue weighted by molar-refractivity contribution is 6.06. The van der Waals surface area contributed by atoms with Crippen LogP contribution in [0, 0.1) is 0 Å². The van der Waals surface area contributed by atoms with Crippen LogP contribution in [0.15, 0.2) is 67.3 Å². The minimum Gasteiger partial charge on any atom is -0.377 e. The first-order valence-electron chi connectivity index (χ1n) is 9.90. The van der Waals surface area contributed by atoms with Gasteiger partial charge in [-0.2, -0.15) is 0 Å². The van der Waals surface area contributed by atoms with Crippen LogP contribution in [0.25, 0.3) is 0 Å². The number of benzene rings is 2. The summed E-state index contributed by atoms with van der Waals surface area (Å²) in [6, 6.07) is 15.5. The Bertz CT molecular complexity index is 991. The number of anilines is 3. The maximum Gasteiger partial charge on any atom is 0.333 e. The molecule has 1 aliphatic rings. The van der Waals surface area contributed by atoms with Crippen molar-refractivity contribution < 1.29 is 14.3 Å². The van der Waals surface area contributed by atoms with E-state index in [0.717, 1.165) is 0 Å². The van der Waals surface area contributed by atoms with E-state index in [1.807, 2.05) is 25.1 Å². The number of amides is 3. The van der Waals surface area contributed by atoms with Crippen molar-refractivity contribution in [3.63, 3.8) is 0 Å². The largest absolute Gasteiger partial charge is 0.377 e. The second kappa shape index (κ2) is 9.31. The summed E-state index contributed by atoms with van der Waals surface area (Å²) < 4.78 is 5.40. The van der Waals surface area contributed by atoms with Crippen molar-refractivity contribution in [3.8, 4) is 0 Å². The quantitative estimate of drug-likeness (QED) is 0.699. The van der Waals surface area contributed by atoms with E-state index in [1.165, 1.54) is 17.6 Å². The number of ether oxygens (including phenoxy) is 1. The molecular formula is C22H22N6O3. The van der Waals surface area contributed by atoms with Crippen molar-refractivity contribution in [2.24, 2.45) is 0 Å². The number of nitrogens with zero attached hydrogens (tertiary/aromatic N) is 5. The Morgan fingerprint density at radius 2 is 1.77 bits per heavy atom. The highest BCUT2D eigenvalue weighted by atomic mass is 16.5. The van der Waals surface area contributed by atoms with Crippen LogP contribution in [-0.2, 0) is 4.74 Å². The van der Waals surface area contributed by atoms with Gasteiger partial charge in [-0.15, -0.1) is 0 Å². The molecule has 2 heterocycles. The molecule has 9 nitrogen and oxygen atoms in total. The lowest BCUT2D eigenvalue weighted by molar-refractivity contribution is 0.00359. The lowest BCUT2D eigenvalue weighted by atomic mass is 10.1. The average molecular weight is 418 g/mol. The monoisotopic (exact) mass is 418 g/mol. The van der Waals surface area contributed by atoms with Gasteiger partial charge in [0.05, 0.1) is 24.9 Å². The van der Waals surface area contributed by atoms with E-state index < -0.39 is 6.03 Å². The van der Waals surface area contributed by atoms with Gasteiger partial charge < -0.3 is 15.0 Å². The number of aromatic nitrogens is 3. The number of carbonyl (C=O) groups excluding carboxylic acids is 2. The van der Waals surface area contributed by atoms with E-state index >= 15 is 0 Å². The fraction of sp³-hybridized carbons (Fsp3) is 0.227. The third kappa shape index (κ3) is 4.67. The van der Waals surface area contributed by atoms with E-state index in [2.05, 4.69) is 20.3 Å². The van der Waals surface area contributed by atoms with E-state index in [4.69, 9.17) is 4.74 Å². The molecule has 9 heteroatoms. The minimum absolute atomic E-state index is 0.0282. The molecule has 0 unspecified atom stereocenters. The van der Waals surface area contributed by atoms with Crippen LogP contribution in [0.1, 0.15) is 17.3 Å². The van der Waals surface area contributed by atoms with Gasteiger partial charge in [0.1, 0.15) is 12.7 Å². The standard InChI is InChI=1S/C22H22N6O3/c1-16-13-31-12-11-27(16)20(29)17-7-9-18(10-8-17)26-22(30)28(19-5-3-2-4-6-19)21-24-14-23-15-25-21/h2-10,14-16H,11-13H2,1H3,(H,26,30)/t16-/m0/s1. The molecule has 1 aromatic heterocycles. The molecule has 3 aromatic rings. The summed E-state index contributed by atoms with van der Waals surface area (Å²) in [5.41, 5.74) is 1.72. The lowest BCUT2D eigenvalue weighted by Crippen LogP contribution is -2.47. The molecule has 0 aliphatic carbocycles. The number of morpholine rings is 1. The molecule has 0 bridgehead atoms. The van der Waals surface area contributed by atoms with Gasteiger partial charge in [-0.3, -0.25) is 4.79 Å². The zero-order valence-corrected chi connectivity index (χ0v) is 17.0. The molecule has 1 saturated heterocycles. The SMILES string of the molecule is C[C@H]1COCCN1C(=O)c1ccc(NC(=O)N(c2ccccc2)c2ncncn2)cc1. The first-order valence-corrected chi connectivity index (χ1v) is 9.90.